The smallest absolute Gasteiger partial charge is 0.212 e. The number of nitriles is 1. The van der Waals surface area contributed by atoms with Crippen molar-refractivity contribution in [3.8, 4) is 6.07 Å². The van der Waals surface area contributed by atoms with Gasteiger partial charge in [0.2, 0.25) is 10.0 Å². The lowest BCUT2D eigenvalue weighted by Gasteiger charge is -2.21. The third kappa shape index (κ3) is 3.75. The second-order valence-corrected chi connectivity index (χ2v) is 5.19. The van der Waals surface area contributed by atoms with E-state index in [1.165, 1.54) is 11.4 Å². The minimum atomic E-state index is -3.15. The van der Waals surface area contributed by atoms with E-state index in [0.717, 1.165) is 0 Å². The Morgan fingerprint density at radius 1 is 1.54 bits per heavy atom. The maximum absolute atomic E-state index is 11.5. The van der Waals surface area contributed by atoms with Gasteiger partial charge in [-0.2, -0.15) is 5.26 Å². The molecule has 0 rings (SSSR count). The second kappa shape index (κ2) is 5.20. The van der Waals surface area contributed by atoms with Gasteiger partial charge in [0.05, 0.1) is 18.2 Å². The highest BCUT2D eigenvalue weighted by atomic mass is 32.2. The molecule has 4 nitrogen and oxygen atoms in total. The first-order valence-electron chi connectivity index (χ1n) is 4.28. The number of hydrogen-bond acceptors (Lipinski definition) is 3. The molecule has 0 heterocycles. The molecule has 1 atom stereocenters. The highest BCUT2D eigenvalue weighted by Gasteiger charge is 2.21. The molecule has 76 valence electrons. The molecule has 0 radical (unpaired) electrons. The van der Waals surface area contributed by atoms with Gasteiger partial charge in [0.15, 0.2) is 0 Å². The summed E-state index contributed by atoms with van der Waals surface area (Å²) in [6.07, 6.45) is 0.839. The van der Waals surface area contributed by atoms with Gasteiger partial charge in [-0.25, -0.2) is 12.7 Å². The van der Waals surface area contributed by atoms with Crippen LogP contribution in [0.15, 0.2) is 0 Å². The Morgan fingerprint density at radius 2 is 2.08 bits per heavy atom. The van der Waals surface area contributed by atoms with Gasteiger partial charge in [0, 0.05) is 13.1 Å². The molecule has 0 fully saturated rings. The highest BCUT2D eigenvalue weighted by molar-refractivity contribution is 7.89. The van der Waals surface area contributed by atoms with E-state index in [9.17, 15) is 8.42 Å². The topological polar surface area (TPSA) is 61.2 Å². The van der Waals surface area contributed by atoms with Crippen LogP contribution in [0, 0.1) is 11.3 Å². The van der Waals surface area contributed by atoms with Crippen molar-refractivity contribution in [2.45, 2.75) is 32.7 Å². The van der Waals surface area contributed by atoms with Crippen molar-refractivity contribution in [1.29, 1.82) is 5.26 Å². The van der Waals surface area contributed by atoms with Crippen molar-refractivity contribution < 1.29 is 8.42 Å². The van der Waals surface area contributed by atoms with Crippen LogP contribution in [0.3, 0.4) is 0 Å². The number of hydrogen-bond donors (Lipinski definition) is 0. The SMILES string of the molecule is CCCS(=O)(=O)N(C)C(C)CC#N. The van der Waals surface area contributed by atoms with Crippen LogP contribution in [0.5, 0.6) is 0 Å². The lowest BCUT2D eigenvalue weighted by Crippen LogP contribution is -2.36. The lowest BCUT2D eigenvalue weighted by molar-refractivity contribution is 0.393. The van der Waals surface area contributed by atoms with Gasteiger partial charge >= 0.3 is 0 Å². The van der Waals surface area contributed by atoms with Gasteiger partial charge in [0.1, 0.15) is 0 Å². The van der Waals surface area contributed by atoms with Crippen LogP contribution in [-0.4, -0.2) is 31.6 Å². The average molecular weight is 204 g/mol. The van der Waals surface area contributed by atoms with Gasteiger partial charge in [-0.15, -0.1) is 0 Å². The van der Waals surface area contributed by atoms with E-state index >= 15 is 0 Å². The number of rotatable bonds is 5. The third-order valence-electron chi connectivity index (χ3n) is 1.91. The molecular weight excluding hydrogens is 188 g/mol. The third-order valence-corrected chi connectivity index (χ3v) is 4.07. The monoisotopic (exact) mass is 204 g/mol. The Bertz CT molecular complexity index is 279. The van der Waals surface area contributed by atoms with E-state index in [1.807, 2.05) is 13.0 Å². The van der Waals surface area contributed by atoms with E-state index in [2.05, 4.69) is 0 Å². The fraction of sp³-hybridized carbons (Fsp3) is 0.875. The molecule has 1 unspecified atom stereocenters. The minimum Gasteiger partial charge on any atom is -0.212 e. The largest absolute Gasteiger partial charge is 0.214 e. The molecule has 0 N–H and O–H groups in total. The van der Waals surface area contributed by atoms with Crippen LogP contribution in [-0.2, 0) is 10.0 Å². The summed E-state index contributed by atoms with van der Waals surface area (Å²) in [6.45, 7) is 3.55. The molecule has 0 bridgehead atoms. The van der Waals surface area contributed by atoms with Gasteiger partial charge < -0.3 is 0 Å². The zero-order valence-electron chi connectivity index (χ0n) is 8.32. The van der Waals surface area contributed by atoms with Crippen molar-refractivity contribution in [1.82, 2.24) is 4.31 Å². The molecule has 0 aromatic rings. The molecular formula is C8H16N2O2S. The van der Waals surface area contributed by atoms with E-state index in [1.54, 1.807) is 6.92 Å². The average Bonchev–Trinajstić information content (AvgIpc) is 2.03. The van der Waals surface area contributed by atoms with Gasteiger partial charge in [-0.05, 0) is 13.3 Å². The Kier molecular flexibility index (Phi) is 4.96. The maximum atomic E-state index is 11.5. The van der Waals surface area contributed by atoms with E-state index < -0.39 is 10.0 Å². The standard InChI is InChI=1S/C8H16N2O2S/c1-4-7-13(11,12)10(3)8(2)5-6-9/h8H,4-5,7H2,1-3H3. The van der Waals surface area contributed by atoms with Crippen LogP contribution in [0.4, 0.5) is 0 Å². The van der Waals surface area contributed by atoms with Crippen molar-refractivity contribution in [2.75, 3.05) is 12.8 Å². The summed E-state index contributed by atoms with van der Waals surface area (Å²) in [4.78, 5) is 0. The first kappa shape index (κ1) is 12.4. The molecule has 0 saturated heterocycles. The van der Waals surface area contributed by atoms with Crippen molar-refractivity contribution in [2.24, 2.45) is 0 Å². The summed E-state index contributed by atoms with van der Waals surface area (Å²) in [5.41, 5.74) is 0. The molecule has 0 amide bonds. The van der Waals surface area contributed by atoms with E-state index in [-0.39, 0.29) is 18.2 Å². The Hall–Kier alpha value is -0.600. The first-order chi connectivity index (χ1) is 5.95. The summed E-state index contributed by atoms with van der Waals surface area (Å²) in [5.74, 6) is 0.152. The fourth-order valence-corrected chi connectivity index (χ4v) is 2.36. The van der Waals surface area contributed by atoms with Crippen LogP contribution >= 0.6 is 0 Å². The summed E-state index contributed by atoms with van der Waals surface area (Å²) in [5, 5.41) is 8.41. The van der Waals surface area contributed by atoms with Gasteiger partial charge in [-0.3, -0.25) is 0 Å². The molecule has 0 saturated carbocycles. The summed E-state index contributed by atoms with van der Waals surface area (Å²) >= 11 is 0. The fourth-order valence-electron chi connectivity index (χ4n) is 0.937. The first-order valence-corrected chi connectivity index (χ1v) is 5.89. The van der Waals surface area contributed by atoms with Gasteiger partial charge in [-0.1, -0.05) is 6.92 Å². The van der Waals surface area contributed by atoms with E-state index in [0.29, 0.717) is 6.42 Å². The Labute approximate surface area is 80.2 Å². The lowest BCUT2D eigenvalue weighted by atomic mass is 10.3. The van der Waals surface area contributed by atoms with Crippen LogP contribution in [0.1, 0.15) is 26.7 Å². The highest BCUT2D eigenvalue weighted by Crippen LogP contribution is 2.08. The number of sulfonamides is 1. The van der Waals surface area contributed by atoms with Gasteiger partial charge in [0.25, 0.3) is 0 Å². The summed E-state index contributed by atoms with van der Waals surface area (Å²) < 4.78 is 24.2. The quantitative estimate of drug-likeness (QED) is 0.670. The maximum Gasteiger partial charge on any atom is 0.214 e. The molecule has 13 heavy (non-hydrogen) atoms. The number of nitrogens with zero attached hydrogens (tertiary/aromatic N) is 2. The van der Waals surface area contributed by atoms with Crippen LogP contribution in [0.2, 0.25) is 0 Å². The molecule has 0 aromatic heterocycles. The summed E-state index contributed by atoms with van der Waals surface area (Å²) in [6, 6.07) is 1.72. The normalized spacial score (nSPS) is 14.1. The van der Waals surface area contributed by atoms with Crippen LogP contribution < -0.4 is 0 Å². The molecule has 5 heteroatoms. The minimum absolute atomic E-state index is 0.152. The zero-order valence-corrected chi connectivity index (χ0v) is 9.13. The van der Waals surface area contributed by atoms with Crippen molar-refractivity contribution in [3.05, 3.63) is 0 Å². The van der Waals surface area contributed by atoms with E-state index in [4.69, 9.17) is 5.26 Å². The molecule has 0 spiro atoms. The molecule has 0 aromatic carbocycles. The van der Waals surface area contributed by atoms with Crippen LogP contribution in [0.25, 0.3) is 0 Å². The van der Waals surface area contributed by atoms with Crippen molar-refractivity contribution >= 4 is 10.0 Å². The summed E-state index contributed by atoms with van der Waals surface area (Å²) in [7, 11) is -1.63. The molecule has 0 aliphatic carbocycles. The predicted octanol–water partition coefficient (Wildman–Crippen LogP) is 0.960. The molecule has 0 aliphatic rings. The Morgan fingerprint density at radius 3 is 2.46 bits per heavy atom. The van der Waals surface area contributed by atoms with Crippen molar-refractivity contribution in [3.63, 3.8) is 0 Å². The predicted molar refractivity (Wildman–Crippen MR) is 51.5 cm³/mol. The molecule has 0 aliphatic heterocycles. The zero-order chi connectivity index (χ0) is 10.5. The second-order valence-electron chi connectivity index (χ2n) is 3.04. The Balaban J connectivity index is 4.42.